The van der Waals surface area contributed by atoms with Crippen LogP contribution < -0.4 is 4.74 Å². The van der Waals surface area contributed by atoms with Crippen molar-refractivity contribution >= 4 is 18.0 Å². The Morgan fingerprint density at radius 3 is 2.08 bits per heavy atom. The molecule has 5 nitrogen and oxygen atoms in total. The number of carbonyl (C=O) groups excluding carboxylic acids is 2. The second kappa shape index (κ2) is 11.3. The molecule has 0 heterocycles. The van der Waals surface area contributed by atoms with E-state index in [1.165, 1.54) is 7.11 Å². The summed E-state index contributed by atoms with van der Waals surface area (Å²) < 4.78 is 89.9. The van der Waals surface area contributed by atoms with E-state index in [4.69, 9.17) is 9.47 Å². The van der Waals surface area contributed by atoms with Crippen LogP contribution in [0.15, 0.2) is 42.0 Å². The van der Waals surface area contributed by atoms with Crippen LogP contribution in [0.2, 0.25) is 0 Å². The van der Waals surface area contributed by atoms with Crippen LogP contribution in [0.3, 0.4) is 0 Å². The maximum absolute atomic E-state index is 13.3. The van der Waals surface area contributed by atoms with Gasteiger partial charge in [0.25, 0.3) is 0 Å². The first-order chi connectivity index (χ1) is 17.4. The molecule has 0 unspecified atom stereocenters. The van der Waals surface area contributed by atoms with Gasteiger partial charge >= 0.3 is 18.4 Å². The highest BCUT2D eigenvalue weighted by molar-refractivity contribution is 5.87. The molecule has 2 aromatic rings. The molecule has 0 atom stereocenters. The summed E-state index contributed by atoms with van der Waals surface area (Å²) >= 11 is 0. The zero-order chi connectivity index (χ0) is 27.4. The Balaban J connectivity index is 2.04. The predicted molar refractivity (Wildman–Crippen MR) is 123 cm³/mol. The molecule has 200 valence electrons. The standard InChI is InChI=1S/C26H25F6NO4/c1-36-21-7-8-23(18(11-21)15-34)22-6-4-3-5-17(22)14-33(24(35)37-2)13-16-9-19(25(27,28)29)12-20(10-16)26(30,31)32/h7-12,15H,3-6,13-14H2,1-2H3. The van der Waals surface area contributed by atoms with Crippen LogP contribution >= 0.6 is 0 Å². The summed E-state index contributed by atoms with van der Waals surface area (Å²) in [6.45, 7) is -0.635. The van der Waals surface area contributed by atoms with Crippen LogP contribution in [-0.4, -0.2) is 38.0 Å². The van der Waals surface area contributed by atoms with Crippen molar-refractivity contribution in [3.05, 3.63) is 69.8 Å². The predicted octanol–water partition coefficient (Wildman–Crippen LogP) is 7.14. The number of methoxy groups -OCH3 is 2. The highest BCUT2D eigenvalue weighted by Crippen LogP contribution is 2.38. The molecular formula is C26H25F6NO4. The van der Waals surface area contributed by atoms with E-state index in [9.17, 15) is 35.9 Å². The van der Waals surface area contributed by atoms with Crippen LogP contribution in [-0.2, 0) is 23.6 Å². The number of amides is 1. The number of allylic oxidation sites excluding steroid dienone is 1. The Bertz CT molecular complexity index is 1150. The lowest BCUT2D eigenvalue weighted by Gasteiger charge is -2.28. The second-order valence-electron chi connectivity index (χ2n) is 8.60. The molecule has 11 heteroatoms. The third-order valence-electron chi connectivity index (χ3n) is 6.13. The minimum Gasteiger partial charge on any atom is -0.497 e. The van der Waals surface area contributed by atoms with Gasteiger partial charge in [-0.05, 0) is 78.3 Å². The third-order valence-corrected chi connectivity index (χ3v) is 6.13. The minimum atomic E-state index is -5.01. The molecule has 0 saturated carbocycles. The van der Waals surface area contributed by atoms with Gasteiger partial charge in [-0.15, -0.1) is 0 Å². The number of halogens is 6. The highest BCUT2D eigenvalue weighted by atomic mass is 19.4. The van der Waals surface area contributed by atoms with Crippen LogP contribution in [0.1, 0.15) is 58.3 Å². The fraction of sp³-hybridized carbons (Fsp3) is 0.385. The van der Waals surface area contributed by atoms with E-state index in [1.54, 1.807) is 18.2 Å². The van der Waals surface area contributed by atoms with E-state index in [2.05, 4.69) is 0 Å². The number of aldehydes is 1. The molecule has 0 radical (unpaired) electrons. The number of ether oxygens (including phenoxy) is 2. The Morgan fingerprint density at radius 1 is 0.919 bits per heavy atom. The van der Waals surface area contributed by atoms with Gasteiger partial charge in [-0.25, -0.2) is 4.79 Å². The highest BCUT2D eigenvalue weighted by Gasteiger charge is 2.37. The van der Waals surface area contributed by atoms with Gasteiger partial charge in [-0.2, -0.15) is 26.3 Å². The molecule has 0 aliphatic heterocycles. The van der Waals surface area contributed by atoms with Gasteiger partial charge in [-0.3, -0.25) is 9.69 Å². The van der Waals surface area contributed by atoms with Gasteiger partial charge in [0, 0.05) is 18.7 Å². The van der Waals surface area contributed by atoms with Crippen LogP contribution in [0.25, 0.3) is 5.57 Å². The van der Waals surface area contributed by atoms with Crippen molar-refractivity contribution in [1.29, 1.82) is 0 Å². The molecule has 1 aliphatic carbocycles. The Kier molecular flexibility index (Phi) is 8.55. The van der Waals surface area contributed by atoms with E-state index in [-0.39, 0.29) is 18.2 Å². The molecule has 0 bridgehead atoms. The summed E-state index contributed by atoms with van der Waals surface area (Å²) in [6.07, 6.45) is -7.56. The third kappa shape index (κ3) is 6.84. The van der Waals surface area contributed by atoms with Crippen LogP contribution in [0.5, 0.6) is 5.75 Å². The van der Waals surface area contributed by atoms with Crippen molar-refractivity contribution in [2.45, 2.75) is 44.6 Å². The average Bonchev–Trinajstić information content (AvgIpc) is 2.86. The molecule has 0 fully saturated rings. The maximum Gasteiger partial charge on any atom is 0.416 e. The summed E-state index contributed by atoms with van der Waals surface area (Å²) in [6, 6.07) is 6.19. The molecule has 1 aliphatic rings. The summed E-state index contributed by atoms with van der Waals surface area (Å²) in [5.74, 6) is 0.477. The van der Waals surface area contributed by atoms with Gasteiger partial charge in [0.15, 0.2) is 6.29 Å². The summed E-state index contributed by atoms with van der Waals surface area (Å²) in [5, 5.41) is 0. The number of rotatable bonds is 7. The van der Waals surface area contributed by atoms with Gasteiger partial charge in [0.2, 0.25) is 0 Å². The normalized spacial score (nSPS) is 14.4. The number of hydrogen-bond acceptors (Lipinski definition) is 4. The number of alkyl halides is 6. The Hall–Kier alpha value is -3.50. The SMILES string of the molecule is COC(=O)N(CC1=C(c2ccc(OC)cc2C=O)CCCC1)Cc1cc(C(F)(F)F)cc(C(F)(F)F)c1. The first-order valence-electron chi connectivity index (χ1n) is 11.3. The van der Waals surface area contributed by atoms with Crippen LogP contribution in [0.4, 0.5) is 31.1 Å². The lowest BCUT2D eigenvalue weighted by molar-refractivity contribution is -0.143. The topological polar surface area (TPSA) is 55.8 Å². The van der Waals surface area contributed by atoms with Gasteiger partial charge < -0.3 is 9.47 Å². The molecule has 0 spiro atoms. The number of benzene rings is 2. The zero-order valence-electron chi connectivity index (χ0n) is 20.1. The average molecular weight is 529 g/mol. The molecule has 3 rings (SSSR count). The largest absolute Gasteiger partial charge is 0.497 e. The van der Waals surface area contributed by atoms with Gasteiger partial charge in [0.05, 0.1) is 25.3 Å². The molecule has 2 aromatic carbocycles. The monoisotopic (exact) mass is 529 g/mol. The maximum atomic E-state index is 13.3. The molecule has 0 N–H and O–H groups in total. The van der Waals surface area contributed by atoms with E-state index in [1.807, 2.05) is 0 Å². The summed E-state index contributed by atoms with van der Waals surface area (Å²) in [5.41, 5.74) is -0.733. The van der Waals surface area contributed by atoms with Crippen molar-refractivity contribution in [3.8, 4) is 5.75 Å². The Labute approximate surface area is 209 Å². The van der Waals surface area contributed by atoms with E-state index < -0.39 is 36.1 Å². The molecular weight excluding hydrogens is 504 g/mol. The van der Waals surface area contributed by atoms with Crippen molar-refractivity contribution in [1.82, 2.24) is 4.90 Å². The molecule has 1 amide bonds. The lowest BCUT2D eigenvalue weighted by atomic mass is 9.85. The molecule has 0 aromatic heterocycles. The van der Waals surface area contributed by atoms with Crippen molar-refractivity contribution in [3.63, 3.8) is 0 Å². The summed E-state index contributed by atoms with van der Waals surface area (Å²) in [4.78, 5) is 25.4. The minimum absolute atomic E-state index is 0.0401. The second-order valence-corrected chi connectivity index (χ2v) is 8.60. The zero-order valence-corrected chi connectivity index (χ0v) is 20.1. The smallest absolute Gasteiger partial charge is 0.416 e. The first-order valence-corrected chi connectivity index (χ1v) is 11.3. The van der Waals surface area contributed by atoms with Gasteiger partial charge in [-0.1, -0.05) is 6.07 Å². The molecule has 37 heavy (non-hydrogen) atoms. The number of carbonyl (C=O) groups is 2. The van der Waals surface area contributed by atoms with Crippen LogP contribution in [0, 0.1) is 0 Å². The van der Waals surface area contributed by atoms with E-state index >= 15 is 0 Å². The lowest BCUT2D eigenvalue weighted by Crippen LogP contribution is -2.33. The van der Waals surface area contributed by atoms with Gasteiger partial charge in [0.1, 0.15) is 5.75 Å². The number of nitrogens with zero attached hydrogens (tertiary/aromatic N) is 1. The van der Waals surface area contributed by atoms with E-state index in [0.717, 1.165) is 36.0 Å². The first kappa shape index (κ1) is 28.1. The fourth-order valence-electron chi connectivity index (χ4n) is 4.38. The molecule has 0 saturated heterocycles. The number of hydrogen-bond donors (Lipinski definition) is 0. The Morgan fingerprint density at radius 2 is 1.54 bits per heavy atom. The fourth-order valence-corrected chi connectivity index (χ4v) is 4.38. The quantitative estimate of drug-likeness (QED) is 0.283. The van der Waals surface area contributed by atoms with E-state index in [0.29, 0.717) is 48.1 Å². The van der Waals surface area contributed by atoms with Crippen molar-refractivity contribution in [2.75, 3.05) is 20.8 Å². The van der Waals surface area contributed by atoms with Crippen molar-refractivity contribution < 1.29 is 45.4 Å². The summed E-state index contributed by atoms with van der Waals surface area (Å²) in [7, 11) is 2.54. The van der Waals surface area contributed by atoms with Crippen molar-refractivity contribution in [2.24, 2.45) is 0 Å².